The molecule has 0 aliphatic heterocycles. The highest BCUT2D eigenvalue weighted by Crippen LogP contribution is 2.38. The van der Waals surface area contributed by atoms with Gasteiger partial charge in [-0.05, 0) is 12.1 Å². The smallest absolute Gasteiger partial charge is 0.395 e. The summed E-state index contributed by atoms with van der Waals surface area (Å²) in [4.78, 5) is 0. The number of hydrogen-bond donors (Lipinski definition) is 2. The number of halogens is 4. The Bertz CT molecular complexity index is 530. The van der Waals surface area contributed by atoms with Gasteiger partial charge in [0.15, 0.2) is 0 Å². The van der Waals surface area contributed by atoms with Crippen molar-refractivity contribution in [2.24, 2.45) is 0 Å². The van der Waals surface area contributed by atoms with Crippen molar-refractivity contribution >= 4 is 27.3 Å². The molecule has 0 heterocycles. The Balaban J connectivity index is 3.24. The Morgan fingerprint density at radius 2 is 1.94 bits per heavy atom. The van der Waals surface area contributed by atoms with E-state index in [9.17, 15) is 21.6 Å². The van der Waals surface area contributed by atoms with E-state index in [-0.39, 0.29) is 5.02 Å². The van der Waals surface area contributed by atoms with Gasteiger partial charge in [0.1, 0.15) is 0 Å². The van der Waals surface area contributed by atoms with E-state index >= 15 is 0 Å². The fourth-order valence-corrected chi connectivity index (χ4v) is 2.34. The molecule has 0 saturated heterocycles. The zero-order valence-corrected chi connectivity index (χ0v) is 10.4. The van der Waals surface area contributed by atoms with Crippen LogP contribution >= 0.6 is 11.6 Å². The standard InChI is InChI=1S/C9H9ClF3NO3S/c10-7-3-1-2-6(9(11,12)13)8(7)14-18(16,17)5-4-15/h1-3,14-15H,4-5H2. The lowest BCUT2D eigenvalue weighted by atomic mass is 10.2. The number of aliphatic hydroxyl groups is 1. The van der Waals surface area contributed by atoms with Gasteiger partial charge in [0.25, 0.3) is 0 Å². The molecule has 9 heteroatoms. The SMILES string of the molecule is O=S(=O)(CCO)Nc1c(Cl)cccc1C(F)(F)F. The van der Waals surface area contributed by atoms with Crippen molar-refractivity contribution in [3.05, 3.63) is 28.8 Å². The minimum Gasteiger partial charge on any atom is -0.395 e. The summed E-state index contributed by atoms with van der Waals surface area (Å²) < 4.78 is 62.3. The van der Waals surface area contributed by atoms with Crippen LogP contribution in [0.2, 0.25) is 5.02 Å². The molecule has 0 bridgehead atoms. The topological polar surface area (TPSA) is 66.4 Å². The summed E-state index contributed by atoms with van der Waals surface area (Å²) in [6, 6.07) is 2.91. The summed E-state index contributed by atoms with van der Waals surface area (Å²) in [5, 5.41) is 8.13. The molecule has 2 N–H and O–H groups in total. The molecule has 0 aliphatic carbocycles. The summed E-state index contributed by atoms with van der Waals surface area (Å²) in [7, 11) is -4.07. The largest absolute Gasteiger partial charge is 0.418 e. The van der Waals surface area contributed by atoms with Gasteiger partial charge in [-0.15, -0.1) is 0 Å². The van der Waals surface area contributed by atoms with Crippen LogP contribution in [0.5, 0.6) is 0 Å². The van der Waals surface area contributed by atoms with Gasteiger partial charge in [-0.1, -0.05) is 17.7 Å². The maximum atomic E-state index is 12.6. The van der Waals surface area contributed by atoms with Crippen molar-refractivity contribution in [3.8, 4) is 0 Å². The number of para-hydroxylation sites is 1. The van der Waals surface area contributed by atoms with E-state index in [4.69, 9.17) is 16.7 Å². The quantitative estimate of drug-likeness (QED) is 0.895. The van der Waals surface area contributed by atoms with E-state index in [1.807, 2.05) is 0 Å². The number of benzene rings is 1. The van der Waals surface area contributed by atoms with Gasteiger partial charge < -0.3 is 5.11 Å². The third-order valence-electron chi connectivity index (χ3n) is 1.94. The van der Waals surface area contributed by atoms with Crippen LogP contribution in [0, 0.1) is 0 Å². The number of anilines is 1. The molecule has 18 heavy (non-hydrogen) atoms. The zero-order chi connectivity index (χ0) is 14.0. The van der Waals surface area contributed by atoms with Crippen LogP contribution in [0.25, 0.3) is 0 Å². The lowest BCUT2D eigenvalue weighted by Gasteiger charge is -2.15. The molecular formula is C9H9ClF3NO3S. The molecule has 0 fully saturated rings. The highest BCUT2D eigenvalue weighted by Gasteiger charge is 2.35. The van der Waals surface area contributed by atoms with Crippen LogP contribution in [0.1, 0.15) is 5.56 Å². The molecule has 102 valence electrons. The predicted octanol–water partition coefficient (Wildman–Crippen LogP) is 2.09. The second-order valence-corrected chi connectivity index (χ2v) is 5.55. The molecule has 0 saturated carbocycles. The summed E-state index contributed by atoms with van der Waals surface area (Å²) in [6.07, 6.45) is -4.73. The number of aliphatic hydroxyl groups excluding tert-OH is 1. The van der Waals surface area contributed by atoms with Crippen molar-refractivity contribution in [3.63, 3.8) is 0 Å². The summed E-state index contributed by atoms with van der Waals surface area (Å²) in [5.74, 6) is -0.713. The Morgan fingerprint density at radius 1 is 1.33 bits per heavy atom. The van der Waals surface area contributed by atoms with Gasteiger partial charge in [-0.2, -0.15) is 13.2 Å². The molecule has 0 unspecified atom stereocenters. The highest BCUT2D eigenvalue weighted by molar-refractivity contribution is 7.92. The Hall–Kier alpha value is -0.990. The Kier molecular flexibility index (Phi) is 4.46. The molecule has 0 spiro atoms. The summed E-state index contributed by atoms with van der Waals surface area (Å²) in [5.41, 5.74) is -1.92. The van der Waals surface area contributed by atoms with Gasteiger partial charge in [0.05, 0.1) is 28.6 Å². The van der Waals surface area contributed by atoms with E-state index in [0.29, 0.717) is 6.07 Å². The third-order valence-corrected chi connectivity index (χ3v) is 3.49. The zero-order valence-electron chi connectivity index (χ0n) is 8.83. The van der Waals surface area contributed by atoms with Crippen LogP contribution < -0.4 is 4.72 Å². The molecule has 4 nitrogen and oxygen atoms in total. The fraction of sp³-hybridized carbons (Fsp3) is 0.333. The highest BCUT2D eigenvalue weighted by atomic mass is 35.5. The van der Waals surface area contributed by atoms with Crippen molar-refractivity contribution in [2.75, 3.05) is 17.1 Å². The first kappa shape index (κ1) is 15.1. The molecule has 0 aromatic heterocycles. The first-order valence-corrected chi connectivity index (χ1v) is 6.67. The van der Waals surface area contributed by atoms with Gasteiger partial charge in [-0.25, -0.2) is 8.42 Å². The monoisotopic (exact) mass is 303 g/mol. The molecular weight excluding hydrogens is 295 g/mol. The van der Waals surface area contributed by atoms with Crippen molar-refractivity contribution < 1.29 is 26.7 Å². The van der Waals surface area contributed by atoms with E-state index in [2.05, 4.69) is 0 Å². The van der Waals surface area contributed by atoms with Crippen molar-refractivity contribution in [2.45, 2.75) is 6.18 Å². The first-order valence-electron chi connectivity index (χ1n) is 4.64. The molecule has 1 aromatic carbocycles. The number of rotatable bonds is 4. The van der Waals surface area contributed by atoms with Crippen LogP contribution in [-0.2, 0) is 16.2 Å². The number of sulfonamides is 1. The van der Waals surface area contributed by atoms with E-state index < -0.39 is 39.8 Å². The number of hydrogen-bond acceptors (Lipinski definition) is 3. The Labute approximate surface area is 106 Å². The van der Waals surface area contributed by atoms with Crippen LogP contribution in [0.3, 0.4) is 0 Å². The van der Waals surface area contributed by atoms with Gasteiger partial charge >= 0.3 is 6.18 Å². The van der Waals surface area contributed by atoms with E-state index in [1.165, 1.54) is 0 Å². The minimum absolute atomic E-state index is 0.369. The maximum Gasteiger partial charge on any atom is 0.418 e. The number of alkyl halides is 3. The molecule has 0 atom stereocenters. The van der Waals surface area contributed by atoms with Crippen LogP contribution in [0.4, 0.5) is 18.9 Å². The van der Waals surface area contributed by atoms with Gasteiger partial charge in [0, 0.05) is 0 Å². The van der Waals surface area contributed by atoms with Gasteiger partial charge in [-0.3, -0.25) is 4.72 Å². The molecule has 0 radical (unpaired) electrons. The lowest BCUT2D eigenvalue weighted by Crippen LogP contribution is -2.21. The summed E-state index contributed by atoms with van der Waals surface area (Å²) in [6.45, 7) is -0.707. The van der Waals surface area contributed by atoms with Gasteiger partial charge in [0.2, 0.25) is 10.0 Å². The Morgan fingerprint density at radius 3 is 2.44 bits per heavy atom. The number of nitrogens with one attached hydrogen (secondary N) is 1. The third kappa shape index (κ3) is 3.76. The average molecular weight is 304 g/mol. The molecule has 1 aromatic rings. The van der Waals surface area contributed by atoms with E-state index in [0.717, 1.165) is 12.1 Å². The van der Waals surface area contributed by atoms with E-state index in [1.54, 1.807) is 4.72 Å². The molecule has 0 amide bonds. The van der Waals surface area contributed by atoms with Crippen LogP contribution in [0.15, 0.2) is 18.2 Å². The minimum atomic E-state index is -4.73. The van der Waals surface area contributed by atoms with Crippen molar-refractivity contribution in [1.82, 2.24) is 0 Å². The maximum absolute atomic E-state index is 12.6. The average Bonchev–Trinajstić information content (AvgIpc) is 2.18. The predicted molar refractivity (Wildman–Crippen MR) is 60.9 cm³/mol. The van der Waals surface area contributed by atoms with Crippen LogP contribution in [-0.4, -0.2) is 25.9 Å². The normalized spacial score (nSPS) is 12.5. The first-order chi connectivity index (χ1) is 8.17. The lowest BCUT2D eigenvalue weighted by molar-refractivity contribution is -0.136. The second kappa shape index (κ2) is 5.33. The van der Waals surface area contributed by atoms with Crippen molar-refractivity contribution in [1.29, 1.82) is 0 Å². The fourth-order valence-electron chi connectivity index (χ4n) is 1.19. The molecule has 0 aliphatic rings. The molecule has 1 rings (SSSR count). The summed E-state index contributed by atoms with van der Waals surface area (Å²) >= 11 is 5.55. The second-order valence-electron chi connectivity index (χ2n) is 3.30.